The molecule has 2 amide bonds. The molecule has 0 spiro atoms. The molecule has 33 heavy (non-hydrogen) atoms. The van der Waals surface area contributed by atoms with E-state index in [0.29, 0.717) is 24.7 Å². The highest BCUT2D eigenvalue weighted by Gasteiger charge is 2.17. The average molecular weight is 441 g/mol. The largest absolute Gasteiger partial charge is 0.368 e. The Bertz CT molecular complexity index is 1440. The fourth-order valence-electron chi connectivity index (χ4n) is 3.73. The van der Waals surface area contributed by atoms with Crippen LogP contribution in [0.4, 0.5) is 16.4 Å². The number of aromatic nitrogens is 6. The summed E-state index contributed by atoms with van der Waals surface area (Å²) < 4.78 is 3.59. The number of benzene rings is 1. The highest BCUT2D eigenvalue weighted by atomic mass is 16.2. The van der Waals surface area contributed by atoms with Gasteiger partial charge in [-0.05, 0) is 18.6 Å². The van der Waals surface area contributed by atoms with Crippen molar-refractivity contribution in [1.82, 2.24) is 34.4 Å². The van der Waals surface area contributed by atoms with E-state index in [1.807, 2.05) is 67.0 Å². The number of rotatable bonds is 6. The Labute approximate surface area is 189 Å². The molecule has 0 aliphatic rings. The molecule has 1 aromatic carbocycles. The molecule has 5 rings (SSSR count). The van der Waals surface area contributed by atoms with Crippen molar-refractivity contribution in [3.63, 3.8) is 0 Å². The van der Waals surface area contributed by atoms with E-state index >= 15 is 0 Å². The number of nitrogens with zero attached hydrogens (tertiary/aromatic N) is 6. The van der Waals surface area contributed by atoms with Crippen molar-refractivity contribution in [3.8, 4) is 11.3 Å². The van der Waals surface area contributed by atoms with Crippen molar-refractivity contribution in [2.24, 2.45) is 7.05 Å². The third-order valence-electron chi connectivity index (χ3n) is 5.36. The number of amides is 2. The smallest absolute Gasteiger partial charge is 0.320 e. The number of pyridine rings is 1. The minimum atomic E-state index is -0.313. The first-order valence-electron chi connectivity index (χ1n) is 10.6. The highest BCUT2D eigenvalue weighted by molar-refractivity contribution is 5.93. The zero-order valence-electron chi connectivity index (χ0n) is 18.3. The first kappa shape index (κ1) is 20.4. The predicted molar refractivity (Wildman–Crippen MR) is 127 cm³/mol. The fraction of sp³-hybridized carbons (Fsp3) is 0.174. The van der Waals surface area contributed by atoms with Crippen LogP contribution in [0.25, 0.3) is 27.9 Å². The molecule has 0 unspecified atom stereocenters. The summed E-state index contributed by atoms with van der Waals surface area (Å²) in [6.45, 7) is 2.89. The second kappa shape index (κ2) is 8.58. The summed E-state index contributed by atoms with van der Waals surface area (Å²) in [5, 5.41) is 14.1. The molecule has 0 fully saturated rings. The van der Waals surface area contributed by atoms with Crippen LogP contribution in [0.2, 0.25) is 0 Å². The maximum Gasteiger partial charge on any atom is 0.320 e. The van der Waals surface area contributed by atoms with Gasteiger partial charge in [0.1, 0.15) is 29.3 Å². The second-order valence-corrected chi connectivity index (χ2v) is 7.60. The van der Waals surface area contributed by atoms with Crippen molar-refractivity contribution >= 4 is 34.3 Å². The van der Waals surface area contributed by atoms with Crippen LogP contribution in [0.15, 0.2) is 61.2 Å². The summed E-state index contributed by atoms with van der Waals surface area (Å²) in [4.78, 5) is 26.0. The van der Waals surface area contributed by atoms with E-state index < -0.39 is 0 Å². The zero-order valence-corrected chi connectivity index (χ0v) is 18.3. The van der Waals surface area contributed by atoms with E-state index in [0.717, 1.165) is 33.5 Å². The Kier molecular flexibility index (Phi) is 5.31. The van der Waals surface area contributed by atoms with Gasteiger partial charge in [0.05, 0.1) is 11.6 Å². The molecule has 4 heterocycles. The van der Waals surface area contributed by atoms with Gasteiger partial charge in [-0.1, -0.05) is 36.4 Å². The zero-order chi connectivity index (χ0) is 22.8. The fourth-order valence-corrected chi connectivity index (χ4v) is 3.73. The van der Waals surface area contributed by atoms with Crippen molar-refractivity contribution in [1.29, 1.82) is 0 Å². The Balaban J connectivity index is 1.29. The second-order valence-electron chi connectivity index (χ2n) is 7.60. The number of carbonyl (C=O) groups is 1. The van der Waals surface area contributed by atoms with Gasteiger partial charge in [0.2, 0.25) is 0 Å². The van der Waals surface area contributed by atoms with Crippen LogP contribution < -0.4 is 16.0 Å². The van der Waals surface area contributed by atoms with Crippen LogP contribution >= 0.6 is 0 Å². The molecule has 0 saturated carbocycles. The van der Waals surface area contributed by atoms with Gasteiger partial charge in [0.15, 0.2) is 5.65 Å². The van der Waals surface area contributed by atoms with Crippen LogP contribution in [0.3, 0.4) is 0 Å². The summed E-state index contributed by atoms with van der Waals surface area (Å²) in [7, 11) is 1.83. The van der Waals surface area contributed by atoms with E-state index in [-0.39, 0.29) is 6.03 Å². The summed E-state index contributed by atoms with van der Waals surface area (Å²) in [5.41, 5.74) is 4.23. The highest BCUT2D eigenvalue weighted by Crippen LogP contribution is 2.29. The third kappa shape index (κ3) is 3.93. The molecule has 10 heteroatoms. The van der Waals surface area contributed by atoms with Crippen LogP contribution in [0.5, 0.6) is 0 Å². The SMILES string of the molecule is Cc1cccn2c(NC(=O)NCCNc3ncnc4c3cnn4C)c(-c3ccccc3)nc12. The molecular formula is C23H23N9O. The summed E-state index contributed by atoms with van der Waals surface area (Å²) in [6, 6.07) is 13.4. The van der Waals surface area contributed by atoms with E-state index in [4.69, 9.17) is 4.98 Å². The van der Waals surface area contributed by atoms with Gasteiger partial charge in [-0.3, -0.25) is 14.4 Å². The number of aryl methyl sites for hydroxylation is 2. The van der Waals surface area contributed by atoms with E-state index in [9.17, 15) is 4.79 Å². The summed E-state index contributed by atoms with van der Waals surface area (Å²) in [6.07, 6.45) is 5.10. The summed E-state index contributed by atoms with van der Waals surface area (Å²) >= 11 is 0. The number of anilines is 2. The van der Waals surface area contributed by atoms with E-state index in [2.05, 4.69) is 31.0 Å². The number of urea groups is 1. The quantitative estimate of drug-likeness (QED) is 0.349. The first-order valence-corrected chi connectivity index (χ1v) is 10.6. The van der Waals surface area contributed by atoms with Crippen LogP contribution in [-0.4, -0.2) is 48.3 Å². The number of hydrogen-bond donors (Lipinski definition) is 3. The molecule has 4 aromatic heterocycles. The minimum absolute atomic E-state index is 0.313. The van der Waals surface area contributed by atoms with Gasteiger partial charge in [0, 0.05) is 31.9 Å². The number of imidazole rings is 1. The lowest BCUT2D eigenvalue weighted by atomic mass is 10.1. The monoisotopic (exact) mass is 441 g/mol. The van der Waals surface area contributed by atoms with Crippen molar-refractivity contribution in [2.45, 2.75) is 6.92 Å². The molecule has 0 radical (unpaired) electrons. The number of nitrogens with one attached hydrogen (secondary N) is 3. The Morgan fingerprint density at radius 2 is 1.88 bits per heavy atom. The number of fused-ring (bicyclic) bond motifs is 2. The van der Waals surface area contributed by atoms with Crippen molar-refractivity contribution < 1.29 is 4.79 Å². The lowest BCUT2D eigenvalue weighted by Crippen LogP contribution is -2.33. The molecule has 3 N–H and O–H groups in total. The lowest BCUT2D eigenvalue weighted by molar-refractivity contribution is 0.252. The minimum Gasteiger partial charge on any atom is -0.368 e. The lowest BCUT2D eigenvalue weighted by Gasteiger charge is -2.11. The Morgan fingerprint density at radius 1 is 1.03 bits per heavy atom. The molecule has 10 nitrogen and oxygen atoms in total. The van der Waals surface area contributed by atoms with Gasteiger partial charge in [0.25, 0.3) is 0 Å². The molecular weight excluding hydrogens is 418 g/mol. The van der Waals surface area contributed by atoms with Gasteiger partial charge < -0.3 is 10.6 Å². The number of carbonyl (C=O) groups excluding carboxylic acids is 1. The predicted octanol–water partition coefficient (Wildman–Crippen LogP) is 3.22. The Morgan fingerprint density at radius 3 is 2.73 bits per heavy atom. The molecule has 0 saturated heterocycles. The molecule has 166 valence electrons. The maximum absolute atomic E-state index is 12.7. The van der Waals surface area contributed by atoms with Crippen LogP contribution in [-0.2, 0) is 7.05 Å². The molecule has 0 bridgehead atoms. The summed E-state index contributed by atoms with van der Waals surface area (Å²) in [5.74, 6) is 1.30. The Hall–Kier alpha value is -4.47. The van der Waals surface area contributed by atoms with Gasteiger partial charge in [-0.25, -0.2) is 19.7 Å². The molecule has 0 atom stereocenters. The molecule has 0 aliphatic carbocycles. The van der Waals surface area contributed by atoms with Gasteiger partial charge in [-0.15, -0.1) is 0 Å². The third-order valence-corrected chi connectivity index (χ3v) is 5.36. The van der Waals surface area contributed by atoms with E-state index in [1.54, 1.807) is 10.9 Å². The van der Waals surface area contributed by atoms with Crippen LogP contribution in [0.1, 0.15) is 5.56 Å². The molecule has 5 aromatic rings. The average Bonchev–Trinajstić information content (AvgIpc) is 3.40. The van der Waals surface area contributed by atoms with Crippen LogP contribution in [0, 0.1) is 6.92 Å². The molecule has 0 aliphatic heterocycles. The normalized spacial score (nSPS) is 11.1. The maximum atomic E-state index is 12.7. The number of hydrogen-bond acceptors (Lipinski definition) is 6. The van der Waals surface area contributed by atoms with E-state index in [1.165, 1.54) is 6.33 Å². The van der Waals surface area contributed by atoms with Crippen molar-refractivity contribution in [3.05, 3.63) is 66.7 Å². The standard InChI is InChI=1S/C23H23N9O/c1-15-7-6-12-32-20(15)29-18(16-8-4-3-5-9-16)22(32)30-23(33)25-11-10-24-19-17-13-28-31(2)21(17)27-14-26-19/h3-9,12-14H,10-11H2,1-2H3,(H,24,26,27)(H2,25,30,33). The first-order chi connectivity index (χ1) is 16.1. The topological polar surface area (TPSA) is 114 Å². The van der Waals surface area contributed by atoms with Gasteiger partial charge in [-0.2, -0.15) is 5.10 Å². The van der Waals surface area contributed by atoms with Gasteiger partial charge >= 0.3 is 6.03 Å². The van der Waals surface area contributed by atoms with Crippen molar-refractivity contribution in [2.75, 3.05) is 23.7 Å².